The van der Waals surface area contributed by atoms with E-state index < -0.39 is 0 Å². The average Bonchev–Trinajstić information content (AvgIpc) is 3.17. The summed E-state index contributed by atoms with van der Waals surface area (Å²) < 4.78 is 8.01. The predicted molar refractivity (Wildman–Crippen MR) is 83.5 cm³/mol. The molecule has 0 radical (unpaired) electrons. The first-order valence-corrected chi connectivity index (χ1v) is 6.91. The molecule has 21 heavy (non-hydrogen) atoms. The second-order valence-corrected chi connectivity index (χ2v) is 5.09. The highest BCUT2D eigenvalue weighted by atomic mass is 16.3. The summed E-state index contributed by atoms with van der Waals surface area (Å²) in [7, 11) is 0. The normalized spacial score (nSPS) is 11.1. The van der Waals surface area contributed by atoms with E-state index in [1.54, 1.807) is 0 Å². The van der Waals surface area contributed by atoms with Crippen molar-refractivity contribution in [3.63, 3.8) is 0 Å². The fourth-order valence-electron chi connectivity index (χ4n) is 2.54. The molecule has 0 atom stereocenters. The minimum atomic E-state index is 0.665. The molecule has 4 rings (SSSR count). The molecule has 0 amide bonds. The van der Waals surface area contributed by atoms with Gasteiger partial charge in [-0.15, -0.1) is 0 Å². The van der Waals surface area contributed by atoms with E-state index in [4.69, 9.17) is 4.42 Å². The molecule has 3 heteroatoms. The third-order valence-electron chi connectivity index (χ3n) is 3.58. The number of rotatable bonds is 2. The zero-order chi connectivity index (χ0) is 14.2. The van der Waals surface area contributed by atoms with Gasteiger partial charge < -0.3 is 8.98 Å². The van der Waals surface area contributed by atoms with E-state index >= 15 is 0 Å². The van der Waals surface area contributed by atoms with Crippen LogP contribution in [0.15, 0.2) is 71.4 Å². The summed E-state index contributed by atoms with van der Waals surface area (Å²) in [5, 5.41) is 0. The summed E-state index contributed by atoms with van der Waals surface area (Å²) >= 11 is 0. The Labute approximate surface area is 122 Å². The van der Waals surface area contributed by atoms with Crippen molar-refractivity contribution < 1.29 is 4.42 Å². The van der Waals surface area contributed by atoms with Gasteiger partial charge in [0.05, 0.1) is 0 Å². The Kier molecular flexibility index (Phi) is 2.64. The van der Waals surface area contributed by atoms with Crippen LogP contribution in [0.3, 0.4) is 0 Å². The highest BCUT2D eigenvalue weighted by Crippen LogP contribution is 2.28. The Morgan fingerprint density at radius 1 is 0.952 bits per heavy atom. The number of aromatic nitrogens is 2. The Bertz CT molecular complexity index is 890. The van der Waals surface area contributed by atoms with Crippen molar-refractivity contribution in [2.24, 2.45) is 0 Å². The van der Waals surface area contributed by atoms with Crippen molar-refractivity contribution in [3.8, 4) is 17.1 Å². The Morgan fingerprint density at radius 3 is 2.48 bits per heavy atom. The molecule has 0 bridgehead atoms. The van der Waals surface area contributed by atoms with Gasteiger partial charge in [-0.2, -0.15) is 0 Å². The van der Waals surface area contributed by atoms with Crippen LogP contribution in [-0.4, -0.2) is 9.55 Å². The number of hydrogen-bond acceptors (Lipinski definition) is 2. The van der Waals surface area contributed by atoms with Gasteiger partial charge in [-0.25, -0.2) is 4.98 Å². The van der Waals surface area contributed by atoms with E-state index in [9.17, 15) is 0 Å². The van der Waals surface area contributed by atoms with Crippen LogP contribution >= 0.6 is 0 Å². The Hall–Kier alpha value is -2.81. The van der Waals surface area contributed by atoms with Crippen LogP contribution in [0.4, 0.5) is 0 Å². The van der Waals surface area contributed by atoms with Crippen LogP contribution in [0.25, 0.3) is 28.2 Å². The Morgan fingerprint density at radius 2 is 1.71 bits per heavy atom. The van der Waals surface area contributed by atoms with E-state index in [2.05, 4.69) is 28.6 Å². The molecule has 4 aromatic rings. The fourth-order valence-corrected chi connectivity index (χ4v) is 2.54. The fraction of sp³-hybridized carbons (Fsp3) is 0.0556. The number of aryl methyl sites for hydroxylation is 1. The quantitative estimate of drug-likeness (QED) is 0.535. The smallest absolute Gasteiger partial charge is 0.227 e. The Balaban J connectivity index is 1.90. The van der Waals surface area contributed by atoms with Gasteiger partial charge in [0, 0.05) is 23.6 Å². The molecule has 0 saturated carbocycles. The van der Waals surface area contributed by atoms with Gasteiger partial charge in [0.25, 0.3) is 0 Å². The molecule has 0 aliphatic carbocycles. The SMILES string of the molecule is Cc1cc(-n2cccc2)cc2nc(-c3ccccc3)oc12. The molecule has 0 aliphatic rings. The summed E-state index contributed by atoms with van der Waals surface area (Å²) in [5.74, 6) is 0.665. The van der Waals surface area contributed by atoms with Gasteiger partial charge in [0.2, 0.25) is 5.89 Å². The van der Waals surface area contributed by atoms with E-state index in [1.165, 1.54) is 0 Å². The molecule has 2 aromatic heterocycles. The molecule has 0 fully saturated rings. The first kappa shape index (κ1) is 12.0. The monoisotopic (exact) mass is 274 g/mol. The lowest BCUT2D eigenvalue weighted by Gasteiger charge is -2.03. The van der Waals surface area contributed by atoms with E-state index in [0.29, 0.717) is 5.89 Å². The maximum Gasteiger partial charge on any atom is 0.227 e. The van der Waals surface area contributed by atoms with Crippen LogP contribution in [0.2, 0.25) is 0 Å². The van der Waals surface area contributed by atoms with Crippen LogP contribution in [-0.2, 0) is 0 Å². The van der Waals surface area contributed by atoms with Crippen LogP contribution in [0.1, 0.15) is 5.56 Å². The third-order valence-corrected chi connectivity index (χ3v) is 3.58. The standard InChI is InChI=1S/C18H14N2O/c1-13-11-15(20-9-5-6-10-20)12-16-17(13)21-18(19-16)14-7-3-2-4-8-14/h2-12H,1H3. The van der Waals surface area contributed by atoms with Crippen LogP contribution in [0, 0.1) is 6.92 Å². The summed E-state index contributed by atoms with van der Waals surface area (Å²) in [6, 6.07) is 18.2. The maximum atomic E-state index is 5.94. The summed E-state index contributed by atoms with van der Waals surface area (Å²) in [6.07, 6.45) is 4.05. The molecular weight excluding hydrogens is 260 g/mol. The second-order valence-electron chi connectivity index (χ2n) is 5.09. The van der Waals surface area contributed by atoms with Gasteiger partial charge in [0.1, 0.15) is 5.52 Å². The van der Waals surface area contributed by atoms with E-state index in [0.717, 1.165) is 27.9 Å². The molecular formula is C18H14N2O. The lowest BCUT2D eigenvalue weighted by molar-refractivity contribution is 0.617. The number of fused-ring (bicyclic) bond motifs is 1. The van der Waals surface area contributed by atoms with Gasteiger partial charge in [-0.3, -0.25) is 0 Å². The predicted octanol–water partition coefficient (Wildman–Crippen LogP) is 4.59. The van der Waals surface area contributed by atoms with Gasteiger partial charge >= 0.3 is 0 Å². The van der Waals surface area contributed by atoms with E-state index in [1.807, 2.05) is 54.9 Å². The second kappa shape index (κ2) is 4.63. The van der Waals surface area contributed by atoms with E-state index in [-0.39, 0.29) is 0 Å². The first-order valence-electron chi connectivity index (χ1n) is 6.91. The number of benzene rings is 2. The highest BCUT2D eigenvalue weighted by Gasteiger charge is 2.11. The molecule has 0 N–H and O–H groups in total. The number of hydrogen-bond donors (Lipinski definition) is 0. The largest absolute Gasteiger partial charge is 0.436 e. The molecule has 102 valence electrons. The topological polar surface area (TPSA) is 31.0 Å². The average molecular weight is 274 g/mol. The summed E-state index contributed by atoms with van der Waals surface area (Å²) in [6.45, 7) is 2.05. The zero-order valence-electron chi connectivity index (χ0n) is 11.7. The minimum Gasteiger partial charge on any atom is -0.436 e. The zero-order valence-corrected chi connectivity index (χ0v) is 11.7. The molecule has 2 heterocycles. The molecule has 2 aromatic carbocycles. The first-order chi connectivity index (χ1) is 10.3. The number of nitrogens with zero attached hydrogens (tertiary/aromatic N) is 2. The van der Waals surface area contributed by atoms with Crippen molar-refractivity contribution in [1.29, 1.82) is 0 Å². The van der Waals surface area contributed by atoms with Gasteiger partial charge in [-0.1, -0.05) is 18.2 Å². The molecule has 3 nitrogen and oxygen atoms in total. The van der Waals surface area contributed by atoms with Crippen molar-refractivity contribution >= 4 is 11.1 Å². The molecule has 0 unspecified atom stereocenters. The summed E-state index contributed by atoms with van der Waals surface area (Å²) in [5.41, 5.74) is 4.92. The lowest BCUT2D eigenvalue weighted by atomic mass is 10.2. The minimum absolute atomic E-state index is 0.665. The van der Waals surface area contributed by atoms with Crippen molar-refractivity contribution in [2.75, 3.05) is 0 Å². The van der Waals surface area contributed by atoms with Crippen molar-refractivity contribution in [1.82, 2.24) is 9.55 Å². The molecule has 0 aliphatic heterocycles. The molecule has 0 spiro atoms. The third kappa shape index (κ3) is 2.03. The summed E-state index contributed by atoms with van der Waals surface area (Å²) in [4.78, 5) is 4.63. The van der Waals surface area contributed by atoms with Crippen LogP contribution in [0.5, 0.6) is 0 Å². The maximum absolute atomic E-state index is 5.94. The molecule has 0 saturated heterocycles. The highest BCUT2D eigenvalue weighted by molar-refractivity contribution is 5.81. The van der Waals surface area contributed by atoms with Gasteiger partial charge in [0.15, 0.2) is 5.58 Å². The number of oxazole rings is 1. The van der Waals surface area contributed by atoms with Gasteiger partial charge in [-0.05, 0) is 48.9 Å². The lowest BCUT2D eigenvalue weighted by Crippen LogP contribution is -1.90. The van der Waals surface area contributed by atoms with Crippen LogP contribution < -0.4 is 0 Å². The van der Waals surface area contributed by atoms with Crippen molar-refractivity contribution in [3.05, 3.63) is 72.6 Å². The van der Waals surface area contributed by atoms with Crippen molar-refractivity contribution in [2.45, 2.75) is 6.92 Å².